The number of piperidine rings is 2. The minimum absolute atomic E-state index is 0.770. The summed E-state index contributed by atoms with van der Waals surface area (Å²) < 4.78 is 5.76. The number of likely N-dealkylation sites (tertiary alicyclic amines) is 1. The molecule has 0 bridgehead atoms. The van der Waals surface area contributed by atoms with Crippen LogP contribution in [0.3, 0.4) is 0 Å². The summed E-state index contributed by atoms with van der Waals surface area (Å²) >= 11 is 0. The van der Waals surface area contributed by atoms with Crippen molar-refractivity contribution < 1.29 is 4.42 Å². The topological polar surface area (TPSA) is 44.5 Å². The maximum absolute atomic E-state index is 5.76. The molecule has 0 unspecified atom stereocenters. The van der Waals surface area contributed by atoms with Gasteiger partial charge in [0.2, 0.25) is 0 Å². The van der Waals surface area contributed by atoms with Crippen molar-refractivity contribution in [1.29, 1.82) is 0 Å². The van der Waals surface area contributed by atoms with Gasteiger partial charge in [0, 0.05) is 26.2 Å². The van der Waals surface area contributed by atoms with Crippen LogP contribution in [0.4, 0.5) is 11.8 Å². The first-order valence-corrected chi connectivity index (χ1v) is 7.92. The molecule has 1 N–H and O–H groups in total. The SMILES string of the molecule is CNc1nc(N2CCC(N3CCCCC3)CC2)oc1C. The van der Waals surface area contributed by atoms with E-state index in [0.29, 0.717) is 0 Å². The zero-order valence-corrected chi connectivity index (χ0v) is 12.7. The van der Waals surface area contributed by atoms with Crippen LogP contribution in [0.25, 0.3) is 0 Å². The third-order valence-corrected chi connectivity index (χ3v) is 4.66. The molecule has 1 aromatic rings. The molecule has 2 aliphatic rings. The van der Waals surface area contributed by atoms with Gasteiger partial charge in [-0.15, -0.1) is 0 Å². The van der Waals surface area contributed by atoms with Crippen molar-refractivity contribution in [2.45, 2.75) is 45.1 Å². The van der Waals surface area contributed by atoms with Gasteiger partial charge in [0.1, 0.15) is 5.76 Å². The van der Waals surface area contributed by atoms with Crippen LogP contribution in [0, 0.1) is 6.92 Å². The zero-order chi connectivity index (χ0) is 13.9. The fourth-order valence-electron chi connectivity index (χ4n) is 3.46. The second-order valence-electron chi connectivity index (χ2n) is 5.97. The summed E-state index contributed by atoms with van der Waals surface area (Å²) in [6.07, 6.45) is 6.64. The first-order chi connectivity index (χ1) is 9.78. The third-order valence-electron chi connectivity index (χ3n) is 4.66. The van der Waals surface area contributed by atoms with E-state index < -0.39 is 0 Å². The van der Waals surface area contributed by atoms with Gasteiger partial charge in [0.05, 0.1) is 0 Å². The number of aromatic nitrogens is 1. The maximum atomic E-state index is 5.76. The number of aryl methyl sites for hydroxylation is 1. The average molecular weight is 278 g/mol. The average Bonchev–Trinajstić information content (AvgIpc) is 2.89. The molecule has 3 heterocycles. The Morgan fingerprint density at radius 1 is 1.10 bits per heavy atom. The molecule has 0 aliphatic carbocycles. The minimum Gasteiger partial charge on any atom is -0.427 e. The van der Waals surface area contributed by atoms with Crippen molar-refractivity contribution in [3.8, 4) is 0 Å². The number of rotatable bonds is 3. The third kappa shape index (κ3) is 2.77. The summed E-state index contributed by atoms with van der Waals surface area (Å²) in [5, 5.41) is 3.08. The van der Waals surface area contributed by atoms with Gasteiger partial charge in [-0.1, -0.05) is 6.42 Å². The number of hydrogen-bond acceptors (Lipinski definition) is 5. The van der Waals surface area contributed by atoms with E-state index in [1.165, 1.54) is 45.2 Å². The second-order valence-corrected chi connectivity index (χ2v) is 5.97. The molecule has 20 heavy (non-hydrogen) atoms. The zero-order valence-electron chi connectivity index (χ0n) is 12.7. The summed E-state index contributed by atoms with van der Waals surface area (Å²) in [6, 6.07) is 1.55. The smallest absolute Gasteiger partial charge is 0.299 e. The Morgan fingerprint density at radius 3 is 2.40 bits per heavy atom. The Labute approximate surface area is 121 Å². The van der Waals surface area contributed by atoms with Crippen LogP contribution < -0.4 is 10.2 Å². The Bertz CT molecular complexity index is 431. The molecule has 0 amide bonds. The highest BCUT2D eigenvalue weighted by Crippen LogP contribution is 2.27. The van der Waals surface area contributed by atoms with Crippen molar-refractivity contribution in [3.63, 3.8) is 0 Å². The molecule has 1 aromatic heterocycles. The summed E-state index contributed by atoms with van der Waals surface area (Å²) in [4.78, 5) is 9.51. The molecule has 2 aliphatic heterocycles. The second kappa shape index (κ2) is 6.04. The Morgan fingerprint density at radius 2 is 1.80 bits per heavy atom. The van der Waals surface area contributed by atoms with Crippen molar-refractivity contribution in [3.05, 3.63) is 5.76 Å². The normalized spacial score (nSPS) is 22.2. The monoisotopic (exact) mass is 278 g/mol. The largest absolute Gasteiger partial charge is 0.427 e. The Balaban J connectivity index is 1.57. The molecule has 112 valence electrons. The predicted octanol–water partition coefficient (Wildman–Crippen LogP) is 2.48. The first kappa shape index (κ1) is 13.7. The van der Waals surface area contributed by atoms with E-state index in [9.17, 15) is 0 Å². The molecule has 0 radical (unpaired) electrons. The van der Waals surface area contributed by atoms with E-state index in [2.05, 4.69) is 20.1 Å². The van der Waals surface area contributed by atoms with Gasteiger partial charge in [-0.25, -0.2) is 0 Å². The van der Waals surface area contributed by atoms with Crippen LogP contribution in [0.15, 0.2) is 4.42 Å². The highest BCUT2D eigenvalue weighted by Gasteiger charge is 2.27. The molecule has 0 aromatic carbocycles. The summed E-state index contributed by atoms with van der Waals surface area (Å²) in [5.74, 6) is 1.74. The van der Waals surface area contributed by atoms with Crippen LogP contribution in [0.2, 0.25) is 0 Å². The Kier molecular flexibility index (Phi) is 4.15. The quantitative estimate of drug-likeness (QED) is 0.920. The van der Waals surface area contributed by atoms with Crippen LogP contribution in [-0.2, 0) is 0 Å². The maximum Gasteiger partial charge on any atom is 0.299 e. The molecule has 0 spiro atoms. The molecule has 2 saturated heterocycles. The highest BCUT2D eigenvalue weighted by molar-refractivity contribution is 5.44. The van der Waals surface area contributed by atoms with Crippen molar-refractivity contribution in [2.75, 3.05) is 43.4 Å². The number of nitrogens with zero attached hydrogens (tertiary/aromatic N) is 3. The van der Waals surface area contributed by atoms with Gasteiger partial charge in [0.15, 0.2) is 5.82 Å². The Hall–Kier alpha value is -1.23. The van der Waals surface area contributed by atoms with Gasteiger partial charge in [-0.3, -0.25) is 0 Å². The molecule has 2 fully saturated rings. The lowest BCUT2D eigenvalue weighted by Crippen LogP contribution is -2.46. The van der Waals surface area contributed by atoms with Crippen LogP contribution in [0.5, 0.6) is 0 Å². The van der Waals surface area contributed by atoms with E-state index in [1.54, 1.807) is 0 Å². The van der Waals surface area contributed by atoms with Crippen molar-refractivity contribution in [1.82, 2.24) is 9.88 Å². The number of hydrogen-bond donors (Lipinski definition) is 1. The highest BCUT2D eigenvalue weighted by atomic mass is 16.4. The van der Waals surface area contributed by atoms with Gasteiger partial charge >= 0.3 is 0 Å². The van der Waals surface area contributed by atoms with Crippen LogP contribution >= 0.6 is 0 Å². The molecule has 5 nitrogen and oxygen atoms in total. The molecular formula is C15H26N4O. The van der Waals surface area contributed by atoms with E-state index in [0.717, 1.165) is 36.7 Å². The standard InChI is InChI=1S/C15H26N4O/c1-12-14(16-2)17-15(20-12)19-10-6-13(7-11-19)18-8-4-3-5-9-18/h13,16H,3-11H2,1-2H3. The first-order valence-electron chi connectivity index (χ1n) is 7.92. The van der Waals surface area contributed by atoms with E-state index in [-0.39, 0.29) is 0 Å². The van der Waals surface area contributed by atoms with Crippen LogP contribution in [0.1, 0.15) is 37.9 Å². The van der Waals surface area contributed by atoms with Gasteiger partial charge in [0.25, 0.3) is 6.01 Å². The minimum atomic E-state index is 0.770. The lowest BCUT2D eigenvalue weighted by Gasteiger charge is -2.39. The number of anilines is 2. The van der Waals surface area contributed by atoms with Gasteiger partial charge in [-0.05, 0) is 45.7 Å². The summed E-state index contributed by atoms with van der Waals surface area (Å²) in [6.45, 7) is 6.68. The fourth-order valence-corrected chi connectivity index (χ4v) is 3.46. The van der Waals surface area contributed by atoms with E-state index in [1.807, 2.05) is 14.0 Å². The van der Waals surface area contributed by atoms with Crippen LogP contribution in [-0.4, -0.2) is 49.2 Å². The number of oxazole rings is 1. The predicted molar refractivity (Wildman–Crippen MR) is 81.4 cm³/mol. The van der Waals surface area contributed by atoms with E-state index >= 15 is 0 Å². The summed E-state index contributed by atoms with van der Waals surface area (Å²) in [7, 11) is 1.89. The van der Waals surface area contributed by atoms with Gasteiger partial charge < -0.3 is 19.5 Å². The van der Waals surface area contributed by atoms with Gasteiger partial charge in [-0.2, -0.15) is 4.98 Å². The molecule has 3 rings (SSSR count). The number of nitrogens with one attached hydrogen (secondary N) is 1. The molecule has 0 atom stereocenters. The van der Waals surface area contributed by atoms with E-state index in [4.69, 9.17) is 4.42 Å². The lowest BCUT2D eigenvalue weighted by atomic mass is 10.0. The lowest BCUT2D eigenvalue weighted by molar-refractivity contribution is 0.140. The molecular weight excluding hydrogens is 252 g/mol. The molecule has 0 saturated carbocycles. The van der Waals surface area contributed by atoms with Crippen molar-refractivity contribution >= 4 is 11.8 Å². The molecule has 5 heteroatoms. The van der Waals surface area contributed by atoms with Crippen molar-refractivity contribution in [2.24, 2.45) is 0 Å². The summed E-state index contributed by atoms with van der Waals surface area (Å²) in [5.41, 5.74) is 0. The fraction of sp³-hybridized carbons (Fsp3) is 0.800.